The summed E-state index contributed by atoms with van der Waals surface area (Å²) >= 11 is 0. The van der Waals surface area contributed by atoms with Crippen molar-refractivity contribution in [3.05, 3.63) is 102 Å². The largest absolute Gasteiger partial charge is 2.00 e. The van der Waals surface area contributed by atoms with Gasteiger partial charge >= 0.3 is 29.0 Å². The normalized spacial score (nSPS) is 22.1. The molecule has 1 unspecified atom stereocenters. The van der Waals surface area contributed by atoms with Gasteiger partial charge in [-0.25, -0.2) is 0 Å². The van der Waals surface area contributed by atoms with E-state index in [1.54, 1.807) is 6.08 Å². The van der Waals surface area contributed by atoms with Gasteiger partial charge in [0.15, 0.2) is 12.1 Å². The fourth-order valence-electron chi connectivity index (χ4n) is 10.3. The number of carbonyl (C=O) groups excluding carboxylic acids is 2. The van der Waals surface area contributed by atoms with Crippen LogP contribution in [0.4, 0.5) is 0 Å². The molecule has 1 saturated heterocycles. The number of ketones is 1. The van der Waals surface area contributed by atoms with Crippen LogP contribution < -0.4 is 25.7 Å². The molecule has 11 heteroatoms. The second-order valence-corrected chi connectivity index (χ2v) is 19.6. The van der Waals surface area contributed by atoms with E-state index in [1.807, 2.05) is 38.2 Å². The number of aliphatic hydroxyl groups excluding tert-OH is 2. The van der Waals surface area contributed by atoms with E-state index >= 15 is 0 Å². The van der Waals surface area contributed by atoms with Crippen LogP contribution in [0, 0.1) is 56.3 Å². The molecule has 0 amide bonds. The van der Waals surface area contributed by atoms with Crippen LogP contribution in [0.1, 0.15) is 173 Å². The molecule has 0 spiro atoms. The predicted molar refractivity (Wildman–Crippen MR) is 267 cm³/mol. The topological polar surface area (TPSA) is 149 Å². The number of Topliss-reactive ketones (excluding diaryl/α,β-unsaturated/α-hetero) is 1. The fourth-order valence-corrected chi connectivity index (χ4v) is 10.3. The Morgan fingerprint density at radius 1 is 0.848 bits per heavy atom. The average molecular weight is 912 g/mol. The Bertz CT molecular complexity index is 2430. The molecule has 8 bridgehead atoms. The van der Waals surface area contributed by atoms with E-state index in [4.69, 9.17) is 29.7 Å². The SMILES string of the molecule is C=Cc1c2[n-]c(c1C)/C=C1\[N-]/C(=C3\c4[n-]c(c(C)c4C(=O)[C@@H]3C(O)OC)/C=c3\[n-]/c(c(C)c3CC)=C\2)[C@@H](CCC(=O)OC/C=C(\C)CCC[C@H](C)CCC[C@H](C)CCCC(C)C)[C@@H]1CO.[Mg+2]. The van der Waals surface area contributed by atoms with Crippen LogP contribution in [0.2, 0.25) is 0 Å². The number of ether oxygens (including phenoxy) is 2. The van der Waals surface area contributed by atoms with Gasteiger partial charge in [-0.3, -0.25) is 9.59 Å². The van der Waals surface area contributed by atoms with Gasteiger partial charge in [0.2, 0.25) is 0 Å². The molecule has 2 N–H and O–H groups in total. The van der Waals surface area contributed by atoms with Crippen LogP contribution in [0.15, 0.2) is 29.6 Å². The Hall–Kier alpha value is -3.87. The third kappa shape index (κ3) is 11.9. The van der Waals surface area contributed by atoms with Crippen molar-refractivity contribution >= 4 is 64.7 Å². The summed E-state index contributed by atoms with van der Waals surface area (Å²) in [5, 5.41) is 29.2. The van der Waals surface area contributed by atoms with Gasteiger partial charge in [-0.05, 0) is 94.6 Å². The molecule has 0 radical (unpaired) electrons. The number of hydrogen-bond donors (Lipinski definition) is 2. The summed E-state index contributed by atoms with van der Waals surface area (Å²) < 4.78 is 11.2. The van der Waals surface area contributed by atoms with Crippen LogP contribution >= 0.6 is 0 Å². The molecule has 3 aliphatic rings. The summed E-state index contributed by atoms with van der Waals surface area (Å²) in [5.74, 6) is -0.540. The maximum atomic E-state index is 14.4. The molecule has 1 aliphatic carbocycles. The van der Waals surface area contributed by atoms with E-state index < -0.39 is 24.0 Å². The van der Waals surface area contributed by atoms with Crippen LogP contribution in [-0.2, 0) is 20.7 Å². The number of carbonyl (C=O) groups is 2. The molecule has 6 rings (SSSR count). The quantitative estimate of drug-likeness (QED) is 0.0436. The predicted octanol–water partition coefficient (Wildman–Crippen LogP) is 9.13. The van der Waals surface area contributed by atoms with Crippen molar-refractivity contribution in [2.45, 2.75) is 146 Å². The minimum absolute atomic E-state index is 0. The van der Waals surface area contributed by atoms with Crippen molar-refractivity contribution in [1.29, 1.82) is 0 Å². The molecule has 3 aromatic rings. The number of nitrogens with zero attached hydrogens (tertiary/aromatic N) is 4. The fraction of sp³-hybridized carbons (Fsp3) is 0.564. The third-order valence-corrected chi connectivity index (χ3v) is 14.3. The Morgan fingerprint density at radius 2 is 1.50 bits per heavy atom. The molecule has 0 aromatic carbocycles. The number of hydrogen-bond acceptors (Lipinski definition) is 6. The van der Waals surface area contributed by atoms with Crippen LogP contribution in [0.3, 0.4) is 0 Å². The van der Waals surface area contributed by atoms with Gasteiger partial charge in [-0.2, -0.15) is 11.4 Å². The molecule has 3 aromatic heterocycles. The Labute approximate surface area is 410 Å². The first-order valence-corrected chi connectivity index (χ1v) is 24.3. The van der Waals surface area contributed by atoms with Crippen molar-refractivity contribution in [3.8, 4) is 0 Å². The van der Waals surface area contributed by atoms with E-state index in [1.165, 1.54) is 57.6 Å². The number of aliphatic hydroxyl groups is 2. The molecule has 10 nitrogen and oxygen atoms in total. The van der Waals surface area contributed by atoms with Gasteiger partial charge in [0.05, 0.1) is 5.92 Å². The van der Waals surface area contributed by atoms with Crippen molar-refractivity contribution in [3.63, 3.8) is 0 Å². The van der Waals surface area contributed by atoms with Crippen LogP contribution in [0.5, 0.6) is 0 Å². The standard InChI is InChI=1S/C55H75N4O6.Mg/c1-12-38-36(9)43-28-47-41(30-60)40(23-24-48(61)65-26-25-34(7)22-16-21-33(6)20-15-19-32(5)18-14-17-31(3)4)52(59-47)50-51(55(63)64-11)54(62)49-37(10)44(58-53(49)50)29-46-39(13-2)35(8)42(56-46)27-45(38)57-43;/h12,25,27-29,31-33,40-41,51,55,60,63H,1,13-24,26,30H2,2-11H3,(H-,58,59,62);/q-3;+2/p-1/b34-25+,42-27-,46-29-,47-28-;/t32-,33-,40+,41+,51-,55?;/m1./s1. The average Bonchev–Trinajstić information content (AvgIpc) is 4.02. The first-order chi connectivity index (χ1) is 31.1. The van der Waals surface area contributed by atoms with Gasteiger partial charge in [-0.15, -0.1) is 33.5 Å². The van der Waals surface area contributed by atoms with Crippen LogP contribution in [0.25, 0.3) is 35.2 Å². The minimum atomic E-state index is -1.48. The number of allylic oxidation sites excluding steroid dienone is 2. The van der Waals surface area contributed by atoms with E-state index in [-0.39, 0.29) is 60.9 Å². The molecule has 0 saturated carbocycles. The maximum Gasteiger partial charge on any atom is 2.00 e. The minimum Gasteiger partial charge on any atom is -0.664 e. The first-order valence-electron chi connectivity index (χ1n) is 24.3. The second-order valence-electron chi connectivity index (χ2n) is 19.6. The number of rotatable bonds is 22. The zero-order chi connectivity index (χ0) is 47.1. The Morgan fingerprint density at radius 3 is 2.14 bits per heavy atom. The van der Waals surface area contributed by atoms with Gasteiger partial charge in [0, 0.05) is 25.7 Å². The molecular formula is C55H74MgN4O6-2. The van der Waals surface area contributed by atoms with Crippen molar-refractivity contribution in [2.24, 2.45) is 35.5 Å². The second kappa shape index (κ2) is 23.9. The smallest absolute Gasteiger partial charge is 0.664 e. The van der Waals surface area contributed by atoms with E-state index in [0.717, 1.165) is 69.7 Å². The van der Waals surface area contributed by atoms with Crippen molar-refractivity contribution in [2.75, 3.05) is 20.3 Å². The van der Waals surface area contributed by atoms with Gasteiger partial charge in [0.1, 0.15) is 6.61 Å². The molecule has 2 aliphatic heterocycles. The van der Waals surface area contributed by atoms with Crippen molar-refractivity contribution < 1.29 is 29.3 Å². The third-order valence-electron chi connectivity index (χ3n) is 14.3. The molecular weight excluding hydrogens is 837 g/mol. The van der Waals surface area contributed by atoms with Crippen molar-refractivity contribution in [1.82, 2.24) is 15.0 Å². The summed E-state index contributed by atoms with van der Waals surface area (Å²) in [5.41, 5.74) is 10.1. The zero-order valence-corrected chi connectivity index (χ0v) is 43.0. The van der Waals surface area contributed by atoms with E-state index in [2.05, 4.69) is 55.0 Å². The molecule has 5 heterocycles. The number of fused-ring (bicyclic) bond motifs is 7. The van der Waals surface area contributed by atoms with Gasteiger partial charge in [-0.1, -0.05) is 144 Å². The zero-order valence-electron chi connectivity index (χ0n) is 41.6. The molecule has 1 fully saturated rings. The summed E-state index contributed by atoms with van der Waals surface area (Å²) in [7, 11) is 1.36. The number of methoxy groups -OCH3 is 1. The van der Waals surface area contributed by atoms with Gasteiger partial charge in [0.25, 0.3) is 0 Å². The summed E-state index contributed by atoms with van der Waals surface area (Å²) in [6.45, 7) is 23.5. The number of aromatic nitrogens is 3. The summed E-state index contributed by atoms with van der Waals surface area (Å²) in [6.07, 6.45) is 20.4. The van der Waals surface area contributed by atoms with Crippen LogP contribution in [-0.4, -0.2) is 71.6 Å². The summed E-state index contributed by atoms with van der Waals surface area (Å²) in [6, 6.07) is 0. The maximum absolute atomic E-state index is 14.4. The Balaban J connectivity index is 0.00000817. The molecule has 66 heavy (non-hydrogen) atoms. The number of esters is 1. The monoisotopic (exact) mass is 911 g/mol. The summed E-state index contributed by atoms with van der Waals surface area (Å²) in [4.78, 5) is 43.1. The Kier molecular flexibility index (Phi) is 19.2. The van der Waals surface area contributed by atoms with Gasteiger partial charge < -0.3 is 40.0 Å². The van der Waals surface area contributed by atoms with E-state index in [0.29, 0.717) is 51.1 Å². The van der Waals surface area contributed by atoms with E-state index in [9.17, 15) is 19.8 Å². The molecule has 354 valence electrons. The first kappa shape index (κ1) is 53.1. The molecule has 6 atom stereocenters.